The number of nitrogens with zero attached hydrogens (tertiary/aromatic N) is 2. The minimum atomic E-state index is 0.401. The molecule has 0 saturated carbocycles. The van der Waals surface area contributed by atoms with Crippen LogP contribution >= 0.6 is 0 Å². The first kappa shape index (κ1) is 14.3. The Bertz CT molecular complexity index is 229. The van der Waals surface area contributed by atoms with E-state index >= 15 is 0 Å². The van der Waals surface area contributed by atoms with Crippen molar-refractivity contribution in [2.75, 3.05) is 52.4 Å². The zero-order valence-corrected chi connectivity index (χ0v) is 12.0. The summed E-state index contributed by atoms with van der Waals surface area (Å²) in [6.45, 7) is 13.7. The predicted octanol–water partition coefficient (Wildman–Crippen LogP) is 0.781. The summed E-state index contributed by atoms with van der Waals surface area (Å²) in [5.74, 6) is 0. The van der Waals surface area contributed by atoms with Crippen molar-refractivity contribution >= 4 is 0 Å². The highest BCUT2D eigenvalue weighted by molar-refractivity contribution is 4.79. The fourth-order valence-electron chi connectivity index (χ4n) is 2.96. The van der Waals surface area contributed by atoms with Gasteiger partial charge in [0.1, 0.15) is 0 Å². The molecule has 0 spiro atoms. The minimum absolute atomic E-state index is 0.401. The van der Waals surface area contributed by atoms with Crippen LogP contribution in [0.2, 0.25) is 0 Å². The van der Waals surface area contributed by atoms with Crippen molar-refractivity contribution in [1.82, 2.24) is 15.1 Å². The first-order valence-corrected chi connectivity index (χ1v) is 7.58. The van der Waals surface area contributed by atoms with Crippen LogP contribution in [0, 0.1) is 0 Å². The molecule has 2 unspecified atom stereocenters. The zero-order chi connectivity index (χ0) is 12.8. The van der Waals surface area contributed by atoms with Crippen LogP contribution in [-0.2, 0) is 4.74 Å². The van der Waals surface area contributed by atoms with Gasteiger partial charge in [-0.05, 0) is 32.9 Å². The molecule has 0 aromatic heterocycles. The second-order valence-corrected chi connectivity index (χ2v) is 5.65. The van der Waals surface area contributed by atoms with Gasteiger partial charge < -0.3 is 15.0 Å². The molecule has 2 aliphatic heterocycles. The molecule has 2 aliphatic rings. The second kappa shape index (κ2) is 7.43. The summed E-state index contributed by atoms with van der Waals surface area (Å²) < 4.78 is 5.76. The van der Waals surface area contributed by atoms with E-state index in [0.29, 0.717) is 12.1 Å². The average Bonchev–Trinajstić information content (AvgIpc) is 2.65. The van der Waals surface area contributed by atoms with Gasteiger partial charge >= 0.3 is 0 Å². The van der Waals surface area contributed by atoms with E-state index in [1.54, 1.807) is 0 Å². The summed E-state index contributed by atoms with van der Waals surface area (Å²) in [6, 6.07) is 0.631. The van der Waals surface area contributed by atoms with Gasteiger partial charge in [-0.2, -0.15) is 0 Å². The van der Waals surface area contributed by atoms with Crippen molar-refractivity contribution in [3.8, 4) is 0 Å². The summed E-state index contributed by atoms with van der Waals surface area (Å²) >= 11 is 0. The fraction of sp³-hybridized carbons (Fsp3) is 1.00. The van der Waals surface area contributed by atoms with Crippen molar-refractivity contribution in [1.29, 1.82) is 0 Å². The Hall–Kier alpha value is -0.160. The summed E-state index contributed by atoms with van der Waals surface area (Å²) in [5, 5.41) is 3.47. The Morgan fingerprint density at radius 3 is 2.94 bits per heavy atom. The van der Waals surface area contributed by atoms with E-state index in [0.717, 1.165) is 19.7 Å². The average molecular weight is 255 g/mol. The lowest BCUT2D eigenvalue weighted by molar-refractivity contribution is -0.0577. The third-order valence-electron chi connectivity index (χ3n) is 4.19. The van der Waals surface area contributed by atoms with Crippen LogP contribution in [0.15, 0.2) is 0 Å². The van der Waals surface area contributed by atoms with E-state index in [-0.39, 0.29) is 0 Å². The maximum absolute atomic E-state index is 5.76. The molecule has 0 radical (unpaired) electrons. The normalized spacial score (nSPS) is 32.3. The van der Waals surface area contributed by atoms with E-state index in [9.17, 15) is 0 Å². The van der Waals surface area contributed by atoms with Gasteiger partial charge in [-0.25, -0.2) is 0 Å². The Labute approximate surface area is 112 Å². The molecule has 0 aromatic rings. The van der Waals surface area contributed by atoms with Gasteiger partial charge in [-0.1, -0.05) is 6.92 Å². The van der Waals surface area contributed by atoms with E-state index < -0.39 is 0 Å². The third kappa shape index (κ3) is 4.19. The molecule has 0 aromatic carbocycles. The maximum Gasteiger partial charge on any atom is 0.0674 e. The molecule has 18 heavy (non-hydrogen) atoms. The van der Waals surface area contributed by atoms with Gasteiger partial charge in [0, 0.05) is 38.8 Å². The Balaban J connectivity index is 1.75. The first-order chi connectivity index (χ1) is 8.79. The number of ether oxygens (including phenoxy) is 1. The van der Waals surface area contributed by atoms with Crippen LogP contribution in [0.25, 0.3) is 0 Å². The van der Waals surface area contributed by atoms with Crippen LogP contribution in [0.3, 0.4) is 0 Å². The number of rotatable bonds is 4. The molecule has 2 saturated heterocycles. The molecule has 0 bridgehead atoms. The standard InChI is InChI=1S/C14H29N3O/c1-3-14-12-18-13(2)11-17(14)10-9-16-7-4-5-15-6-8-16/h13-15H,3-12H2,1-2H3. The van der Waals surface area contributed by atoms with Crippen LogP contribution in [-0.4, -0.2) is 74.4 Å². The number of nitrogens with one attached hydrogen (secondary N) is 1. The zero-order valence-electron chi connectivity index (χ0n) is 12.0. The Morgan fingerprint density at radius 2 is 2.11 bits per heavy atom. The predicted molar refractivity (Wildman–Crippen MR) is 75.0 cm³/mol. The molecular weight excluding hydrogens is 226 g/mol. The highest BCUT2D eigenvalue weighted by atomic mass is 16.5. The SMILES string of the molecule is CCC1COC(C)CN1CCN1CCCNCC1. The summed E-state index contributed by atoms with van der Waals surface area (Å²) in [4.78, 5) is 5.24. The molecule has 2 rings (SSSR count). The van der Waals surface area contributed by atoms with Gasteiger partial charge in [0.15, 0.2) is 0 Å². The molecule has 2 atom stereocenters. The van der Waals surface area contributed by atoms with Gasteiger partial charge in [0.25, 0.3) is 0 Å². The summed E-state index contributed by atoms with van der Waals surface area (Å²) in [6.07, 6.45) is 2.89. The quantitative estimate of drug-likeness (QED) is 0.803. The van der Waals surface area contributed by atoms with Gasteiger partial charge in [-0.3, -0.25) is 4.90 Å². The van der Waals surface area contributed by atoms with Gasteiger partial charge in [0.05, 0.1) is 12.7 Å². The number of hydrogen-bond acceptors (Lipinski definition) is 4. The van der Waals surface area contributed by atoms with E-state index in [2.05, 4.69) is 29.0 Å². The number of morpholine rings is 1. The molecular formula is C14H29N3O. The van der Waals surface area contributed by atoms with Gasteiger partial charge in [0.2, 0.25) is 0 Å². The van der Waals surface area contributed by atoms with Crippen LogP contribution in [0.5, 0.6) is 0 Å². The van der Waals surface area contributed by atoms with Crippen molar-refractivity contribution in [2.45, 2.75) is 38.8 Å². The Morgan fingerprint density at radius 1 is 1.22 bits per heavy atom. The largest absolute Gasteiger partial charge is 0.376 e. The highest BCUT2D eigenvalue weighted by Gasteiger charge is 2.25. The third-order valence-corrected chi connectivity index (χ3v) is 4.19. The van der Waals surface area contributed by atoms with Crippen molar-refractivity contribution < 1.29 is 4.74 Å². The van der Waals surface area contributed by atoms with Crippen LogP contribution in [0.4, 0.5) is 0 Å². The summed E-state index contributed by atoms with van der Waals surface area (Å²) in [5.41, 5.74) is 0. The van der Waals surface area contributed by atoms with Crippen LogP contribution < -0.4 is 5.32 Å². The molecule has 2 heterocycles. The van der Waals surface area contributed by atoms with Crippen LogP contribution in [0.1, 0.15) is 26.7 Å². The monoisotopic (exact) mass is 255 g/mol. The lowest BCUT2D eigenvalue weighted by Gasteiger charge is -2.39. The lowest BCUT2D eigenvalue weighted by Crippen LogP contribution is -2.51. The molecule has 0 amide bonds. The topological polar surface area (TPSA) is 27.7 Å². The smallest absolute Gasteiger partial charge is 0.0674 e. The lowest BCUT2D eigenvalue weighted by atomic mass is 10.1. The van der Waals surface area contributed by atoms with E-state index in [1.807, 2.05) is 0 Å². The molecule has 106 valence electrons. The van der Waals surface area contributed by atoms with Crippen molar-refractivity contribution in [2.24, 2.45) is 0 Å². The van der Waals surface area contributed by atoms with E-state index in [1.165, 1.54) is 45.6 Å². The fourth-order valence-corrected chi connectivity index (χ4v) is 2.96. The first-order valence-electron chi connectivity index (χ1n) is 7.58. The van der Waals surface area contributed by atoms with Gasteiger partial charge in [-0.15, -0.1) is 0 Å². The molecule has 4 nitrogen and oxygen atoms in total. The molecule has 1 N–H and O–H groups in total. The number of hydrogen-bond donors (Lipinski definition) is 1. The van der Waals surface area contributed by atoms with Crippen molar-refractivity contribution in [3.63, 3.8) is 0 Å². The molecule has 4 heteroatoms. The highest BCUT2D eigenvalue weighted by Crippen LogP contribution is 2.14. The van der Waals surface area contributed by atoms with E-state index in [4.69, 9.17) is 4.74 Å². The maximum atomic E-state index is 5.76. The second-order valence-electron chi connectivity index (χ2n) is 5.65. The Kier molecular flexibility index (Phi) is 5.89. The summed E-state index contributed by atoms with van der Waals surface area (Å²) in [7, 11) is 0. The molecule has 0 aliphatic carbocycles. The molecule has 2 fully saturated rings. The van der Waals surface area contributed by atoms with Crippen molar-refractivity contribution in [3.05, 3.63) is 0 Å². The minimum Gasteiger partial charge on any atom is -0.376 e.